The van der Waals surface area contributed by atoms with Crippen LogP contribution in [0.1, 0.15) is 39.2 Å². The van der Waals surface area contributed by atoms with Crippen molar-refractivity contribution in [3.63, 3.8) is 0 Å². The molecule has 0 aliphatic heterocycles. The summed E-state index contributed by atoms with van der Waals surface area (Å²) in [5.74, 6) is -0.131. The lowest BCUT2D eigenvalue weighted by molar-refractivity contribution is 0.275. The zero-order valence-corrected chi connectivity index (χ0v) is 12.6. The lowest BCUT2D eigenvalue weighted by Crippen LogP contribution is -2.31. The predicted molar refractivity (Wildman–Crippen MR) is 79.4 cm³/mol. The van der Waals surface area contributed by atoms with E-state index in [1.54, 1.807) is 6.07 Å². The standard InChI is InChI=1S/C16H27FN2/c1-16(2,3)11-14(18)9-10-19(4)12-13-7-5-6-8-15(13)17/h5-8,14H,9-12,18H2,1-4H3. The average molecular weight is 266 g/mol. The summed E-state index contributed by atoms with van der Waals surface area (Å²) >= 11 is 0. The molecule has 0 spiro atoms. The molecule has 1 aromatic rings. The van der Waals surface area contributed by atoms with Crippen LogP contribution in [-0.2, 0) is 6.54 Å². The van der Waals surface area contributed by atoms with Crippen LogP contribution in [0.3, 0.4) is 0 Å². The number of hydrogen-bond acceptors (Lipinski definition) is 2. The molecule has 0 radical (unpaired) electrons. The van der Waals surface area contributed by atoms with Crippen LogP contribution < -0.4 is 5.73 Å². The van der Waals surface area contributed by atoms with Gasteiger partial charge in [0.05, 0.1) is 0 Å². The van der Waals surface area contributed by atoms with Crippen LogP contribution >= 0.6 is 0 Å². The van der Waals surface area contributed by atoms with Crippen molar-refractivity contribution in [2.24, 2.45) is 11.1 Å². The van der Waals surface area contributed by atoms with Crippen molar-refractivity contribution in [2.45, 2.75) is 46.2 Å². The van der Waals surface area contributed by atoms with E-state index in [9.17, 15) is 4.39 Å². The largest absolute Gasteiger partial charge is 0.328 e. The quantitative estimate of drug-likeness (QED) is 0.855. The third-order valence-electron chi connectivity index (χ3n) is 3.15. The SMILES string of the molecule is CN(CCC(N)CC(C)(C)C)Cc1ccccc1F. The van der Waals surface area contributed by atoms with Crippen LogP contribution in [0.2, 0.25) is 0 Å². The second-order valence-electron chi connectivity index (χ2n) is 6.64. The Hall–Kier alpha value is -0.930. The van der Waals surface area contributed by atoms with E-state index < -0.39 is 0 Å². The van der Waals surface area contributed by atoms with Crippen molar-refractivity contribution in [1.29, 1.82) is 0 Å². The van der Waals surface area contributed by atoms with Crippen molar-refractivity contribution in [2.75, 3.05) is 13.6 Å². The molecule has 0 heterocycles. The van der Waals surface area contributed by atoms with Gasteiger partial charge in [-0.25, -0.2) is 4.39 Å². The second kappa shape index (κ2) is 7.01. The maximum Gasteiger partial charge on any atom is 0.127 e. The zero-order valence-electron chi connectivity index (χ0n) is 12.6. The van der Waals surface area contributed by atoms with Gasteiger partial charge in [-0.05, 0) is 37.9 Å². The van der Waals surface area contributed by atoms with Crippen molar-refractivity contribution >= 4 is 0 Å². The summed E-state index contributed by atoms with van der Waals surface area (Å²) in [6, 6.07) is 7.15. The van der Waals surface area contributed by atoms with Gasteiger partial charge in [-0.15, -0.1) is 0 Å². The third kappa shape index (κ3) is 6.69. The highest BCUT2D eigenvalue weighted by molar-refractivity contribution is 5.16. The molecule has 1 unspecified atom stereocenters. The first kappa shape index (κ1) is 16.1. The van der Waals surface area contributed by atoms with Crippen LogP contribution in [0.25, 0.3) is 0 Å². The summed E-state index contributed by atoms with van der Waals surface area (Å²) < 4.78 is 13.5. The molecule has 2 nitrogen and oxygen atoms in total. The molecule has 0 aliphatic carbocycles. The number of nitrogens with two attached hydrogens (primary N) is 1. The van der Waals surface area contributed by atoms with Gasteiger partial charge in [-0.3, -0.25) is 0 Å². The summed E-state index contributed by atoms with van der Waals surface area (Å²) in [6.45, 7) is 8.14. The molecule has 1 rings (SSSR count). The van der Waals surface area contributed by atoms with E-state index in [-0.39, 0.29) is 17.3 Å². The first-order valence-electron chi connectivity index (χ1n) is 6.95. The maximum absolute atomic E-state index is 13.5. The molecular weight excluding hydrogens is 239 g/mol. The molecular formula is C16H27FN2. The average Bonchev–Trinajstić information content (AvgIpc) is 2.27. The van der Waals surface area contributed by atoms with E-state index >= 15 is 0 Å². The van der Waals surface area contributed by atoms with E-state index in [2.05, 4.69) is 25.7 Å². The fourth-order valence-electron chi connectivity index (χ4n) is 2.27. The van der Waals surface area contributed by atoms with Gasteiger partial charge in [0.25, 0.3) is 0 Å². The third-order valence-corrected chi connectivity index (χ3v) is 3.15. The molecule has 1 atom stereocenters. The van der Waals surface area contributed by atoms with Gasteiger partial charge in [0.15, 0.2) is 0 Å². The maximum atomic E-state index is 13.5. The number of nitrogens with zero attached hydrogens (tertiary/aromatic N) is 1. The van der Waals surface area contributed by atoms with Gasteiger partial charge in [-0.1, -0.05) is 39.0 Å². The number of rotatable bonds is 6. The minimum absolute atomic E-state index is 0.131. The highest BCUT2D eigenvalue weighted by Gasteiger charge is 2.16. The molecule has 0 aliphatic rings. The molecule has 108 valence electrons. The van der Waals surface area contributed by atoms with Gasteiger partial charge in [-0.2, -0.15) is 0 Å². The van der Waals surface area contributed by atoms with Gasteiger partial charge < -0.3 is 10.6 Å². The van der Waals surface area contributed by atoms with Gasteiger partial charge in [0.2, 0.25) is 0 Å². The van der Waals surface area contributed by atoms with Gasteiger partial charge in [0.1, 0.15) is 5.82 Å². The van der Waals surface area contributed by atoms with Gasteiger partial charge >= 0.3 is 0 Å². The minimum Gasteiger partial charge on any atom is -0.328 e. The number of benzene rings is 1. The molecule has 0 saturated heterocycles. The molecule has 0 aromatic heterocycles. The fourth-order valence-corrected chi connectivity index (χ4v) is 2.27. The Labute approximate surface area is 116 Å². The minimum atomic E-state index is -0.131. The fraction of sp³-hybridized carbons (Fsp3) is 0.625. The van der Waals surface area contributed by atoms with Crippen molar-refractivity contribution in [1.82, 2.24) is 4.90 Å². The lowest BCUT2D eigenvalue weighted by Gasteiger charge is -2.25. The number of halogens is 1. The highest BCUT2D eigenvalue weighted by Crippen LogP contribution is 2.21. The van der Waals surface area contributed by atoms with Crippen LogP contribution in [-0.4, -0.2) is 24.5 Å². The Morgan fingerprint density at radius 3 is 2.47 bits per heavy atom. The Morgan fingerprint density at radius 2 is 1.89 bits per heavy atom. The van der Waals surface area contributed by atoms with Crippen LogP contribution in [0.5, 0.6) is 0 Å². The van der Waals surface area contributed by atoms with E-state index in [0.29, 0.717) is 6.54 Å². The van der Waals surface area contributed by atoms with E-state index in [1.165, 1.54) is 6.07 Å². The van der Waals surface area contributed by atoms with Crippen molar-refractivity contribution in [3.8, 4) is 0 Å². The summed E-state index contributed by atoms with van der Waals surface area (Å²) in [5.41, 5.74) is 7.14. The van der Waals surface area contributed by atoms with E-state index in [1.807, 2.05) is 19.2 Å². The van der Waals surface area contributed by atoms with Crippen molar-refractivity contribution < 1.29 is 4.39 Å². The predicted octanol–water partition coefficient (Wildman–Crippen LogP) is 3.41. The molecule has 2 N–H and O–H groups in total. The molecule has 0 saturated carbocycles. The Kier molecular flexibility index (Phi) is 5.95. The van der Waals surface area contributed by atoms with Crippen LogP contribution in [0.15, 0.2) is 24.3 Å². The Balaban J connectivity index is 2.36. The molecule has 0 fully saturated rings. The molecule has 1 aromatic carbocycles. The smallest absolute Gasteiger partial charge is 0.127 e. The van der Waals surface area contributed by atoms with Crippen LogP contribution in [0.4, 0.5) is 4.39 Å². The van der Waals surface area contributed by atoms with Crippen molar-refractivity contribution in [3.05, 3.63) is 35.6 Å². The molecule has 0 amide bonds. The summed E-state index contributed by atoms with van der Waals surface area (Å²) in [4.78, 5) is 2.13. The Bertz CT molecular complexity index is 385. The lowest BCUT2D eigenvalue weighted by atomic mass is 9.87. The first-order chi connectivity index (χ1) is 8.78. The Morgan fingerprint density at radius 1 is 1.26 bits per heavy atom. The topological polar surface area (TPSA) is 29.3 Å². The zero-order chi connectivity index (χ0) is 14.5. The van der Waals surface area contributed by atoms with Gasteiger partial charge in [0, 0.05) is 18.2 Å². The first-order valence-corrected chi connectivity index (χ1v) is 6.95. The van der Waals surface area contributed by atoms with Crippen LogP contribution in [0, 0.1) is 11.2 Å². The number of hydrogen-bond donors (Lipinski definition) is 1. The summed E-state index contributed by atoms with van der Waals surface area (Å²) in [6.07, 6.45) is 1.96. The van der Waals surface area contributed by atoms with E-state index in [4.69, 9.17) is 5.73 Å². The highest BCUT2D eigenvalue weighted by atomic mass is 19.1. The molecule has 3 heteroatoms. The summed E-state index contributed by atoms with van der Waals surface area (Å²) in [7, 11) is 2.01. The van der Waals surface area contributed by atoms with E-state index in [0.717, 1.165) is 24.9 Å². The normalized spacial score (nSPS) is 13.8. The monoisotopic (exact) mass is 266 g/mol. The molecule has 0 bridgehead atoms. The molecule has 19 heavy (non-hydrogen) atoms. The summed E-state index contributed by atoms with van der Waals surface area (Å²) in [5, 5.41) is 0. The second-order valence-corrected chi connectivity index (χ2v) is 6.64.